The molecule has 1 N–H and O–H groups in total. The highest BCUT2D eigenvalue weighted by Crippen LogP contribution is 2.27. The van der Waals surface area contributed by atoms with E-state index in [1.807, 2.05) is 9.80 Å². The molecule has 13 nitrogen and oxygen atoms in total. The van der Waals surface area contributed by atoms with Crippen molar-refractivity contribution in [2.75, 3.05) is 42.6 Å². The number of rotatable bonds is 5. The molecule has 2 aliphatic rings. The molecule has 2 fully saturated rings. The fourth-order valence-electron chi connectivity index (χ4n) is 4.84. The van der Waals surface area contributed by atoms with Gasteiger partial charge in [0, 0.05) is 40.3 Å². The maximum absolute atomic E-state index is 13.2. The summed E-state index contributed by atoms with van der Waals surface area (Å²) in [4.78, 5) is 75.1. The number of hydrogen-bond donors (Lipinski definition) is 1. The number of benzene rings is 1. The Morgan fingerprint density at radius 1 is 1.03 bits per heavy atom. The molecular formula is C24H27N7O6. The van der Waals surface area contributed by atoms with E-state index in [2.05, 4.69) is 9.97 Å². The SMILES string of the molecule is CCOC(=O)c1ccc(N2C(=O)CC(N3CCN(c4nc5c([nH]4)c(=O)n(C)c(=O)n5C)CC3)C2=O)cc1. The van der Waals surface area contributed by atoms with Crippen LogP contribution in [0.1, 0.15) is 23.7 Å². The van der Waals surface area contributed by atoms with Crippen molar-refractivity contribution in [2.24, 2.45) is 14.1 Å². The standard InChI is InChI=1S/C24H27N7O6/c1-4-37-22(35)14-5-7-15(8-6-14)31-17(32)13-16(20(31)33)29-9-11-30(12-10-29)23-25-18-19(26-23)27(2)24(36)28(3)21(18)34/h5-8,16H,4,9-13H2,1-3H3,(H,25,26). The largest absolute Gasteiger partial charge is 0.462 e. The molecular weight excluding hydrogens is 482 g/mol. The van der Waals surface area contributed by atoms with Gasteiger partial charge < -0.3 is 14.6 Å². The molecule has 2 amide bonds. The molecule has 194 valence electrons. The van der Waals surface area contributed by atoms with Crippen LogP contribution in [0.15, 0.2) is 33.9 Å². The first-order valence-electron chi connectivity index (χ1n) is 12.0. The Hall–Kier alpha value is -4.26. The lowest BCUT2D eigenvalue weighted by Gasteiger charge is -2.36. The van der Waals surface area contributed by atoms with Gasteiger partial charge in [0.2, 0.25) is 11.9 Å². The number of carbonyl (C=O) groups excluding carboxylic acids is 3. The van der Waals surface area contributed by atoms with Gasteiger partial charge in [-0.25, -0.2) is 14.5 Å². The van der Waals surface area contributed by atoms with Crippen molar-refractivity contribution in [3.63, 3.8) is 0 Å². The summed E-state index contributed by atoms with van der Waals surface area (Å²) in [6.07, 6.45) is 0.0707. The van der Waals surface area contributed by atoms with Crippen LogP contribution in [-0.2, 0) is 28.4 Å². The van der Waals surface area contributed by atoms with E-state index in [9.17, 15) is 24.0 Å². The molecule has 4 heterocycles. The number of anilines is 2. The molecule has 3 aromatic rings. The van der Waals surface area contributed by atoms with Crippen LogP contribution in [-0.4, -0.2) is 80.6 Å². The normalized spacial score (nSPS) is 18.7. The molecule has 2 aliphatic heterocycles. The third-order valence-corrected chi connectivity index (χ3v) is 6.90. The number of nitrogens with one attached hydrogen (secondary N) is 1. The van der Waals surface area contributed by atoms with Crippen LogP contribution in [0.3, 0.4) is 0 Å². The van der Waals surface area contributed by atoms with E-state index in [1.54, 1.807) is 26.1 Å². The molecule has 2 aromatic heterocycles. The minimum Gasteiger partial charge on any atom is -0.462 e. The van der Waals surface area contributed by atoms with Crippen molar-refractivity contribution < 1.29 is 19.1 Å². The number of nitrogens with zero attached hydrogens (tertiary/aromatic N) is 6. The smallest absolute Gasteiger partial charge is 0.338 e. The van der Waals surface area contributed by atoms with E-state index in [1.165, 1.54) is 28.6 Å². The monoisotopic (exact) mass is 509 g/mol. The number of hydrogen-bond acceptors (Lipinski definition) is 9. The predicted octanol–water partition coefficient (Wildman–Crippen LogP) is -0.409. The summed E-state index contributed by atoms with van der Waals surface area (Å²) < 4.78 is 7.33. The van der Waals surface area contributed by atoms with Gasteiger partial charge in [0.1, 0.15) is 0 Å². The molecule has 5 rings (SSSR count). The number of amides is 2. The second-order valence-corrected chi connectivity index (χ2v) is 9.04. The fourth-order valence-corrected chi connectivity index (χ4v) is 4.84. The zero-order chi connectivity index (χ0) is 26.4. The average Bonchev–Trinajstić information content (AvgIpc) is 3.48. The van der Waals surface area contributed by atoms with Gasteiger partial charge in [-0.15, -0.1) is 0 Å². The molecule has 37 heavy (non-hydrogen) atoms. The zero-order valence-electron chi connectivity index (χ0n) is 20.8. The van der Waals surface area contributed by atoms with Gasteiger partial charge >= 0.3 is 11.7 Å². The van der Waals surface area contributed by atoms with Gasteiger partial charge in [0.05, 0.1) is 30.3 Å². The second-order valence-electron chi connectivity index (χ2n) is 9.04. The first-order valence-corrected chi connectivity index (χ1v) is 12.0. The number of aromatic amines is 1. The van der Waals surface area contributed by atoms with E-state index < -0.39 is 23.3 Å². The van der Waals surface area contributed by atoms with Gasteiger partial charge in [0.25, 0.3) is 11.5 Å². The van der Waals surface area contributed by atoms with Gasteiger partial charge in [-0.1, -0.05) is 0 Å². The average molecular weight is 510 g/mol. The van der Waals surface area contributed by atoms with Crippen LogP contribution >= 0.6 is 0 Å². The lowest BCUT2D eigenvalue weighted by molar-refractivity contribution is -0.123. The fraction of sp³-hybridized carbons (Fsp3) is 0.417. The summed E-state index contributed by atoms with van der Waals surface area (Å²) in [6.45, 7) is 4.02. The van der Waals surface area contributed by atoms with Crippen molar-refractivity contribution in [1.82, 2.24) is 24.0 Å². The summed E-state index contributed by atoms with van der Waals surface area (Å²) in [5.41, 5.74) is 0.403. The van der Waals surface area contributed by atoms with Gasteiger partial charge in [-0.2, -0.15) is 4.98 Å². The molecule has 1 atom stereocenters. The van der Waals surface area contributed by atoms with Crippen molar-refractivity contribution in [3.8, 4) is 0 Å². The van der Waals surface area contributed by atoms with Crippen molar-refractivity contribution in [3.05, 3.63) is 50.7 Å². The maximum Gasteiger partial charge on any atom is 0.338 e. The summed E-state index contributed by atoms with van der Waals surface area (Å²) in [7, 11) is 2.98. The Kier molecular flexibility index (Phi) is 6.15. The Labute approximate surface area is 210 Å². The summed E-state index contributed by atoms with van der Waals surface area (Å²) in [5.74, 6) is -0.582. The predicted molar refractivity (Wildman–Crippen MR) is 134 cm³/mol. The highest BCUT2D eigenvalue weighted by molar-refractivity contribution is 6.22. The number of imidazole rings is 1. The Morgan fingerprint density at radius 2 is 1.70 bits per heavy atom. The van der Waals surface area contributed by atoms with Crippen molar-refractivity contribution in [2.45, 2.75) is 19.4 Å². The number of carbonyl (C=O) groups is 3. The Morgan fingerprint density at radius 3 is 2.35 bits per heavy atom. The Bertz CT molecular complexity index is 1510. The van der Waals surface area contributed by atoms with Gasteiger partial charge in [-0.05, 0) is 31.2 Å². The Balaban J connectivity index is 1.28. The van der Waals surface area contributed by atoms with E-state index in [-0.39, 0.29) is 36.0 Å². The van der Waals surface area contributed by atoms with Gasteiger partial charge in [0.15, 0.2) is 11.2 Å². The zero-order valence-corrected chi connectivity index (χ0v) is 20.8. The molecule has 1 aromatic carbocycles. The summed E-state index contributed by atoms with van der Waals surface area (Å²) in [5, 5.41) is 0. The molecule has 0 saturated carbocycles. The number of fused-ring (bicyclic) bond motifs is 1. The second kappa shape index (κ2) is 9.32. The minimum atomic E-state index is -0.580. The third kappa shape index (κ3) is 4.10. The number of esters is 1. The first kappa shape index (κ1) is 24.4. The lowest BCUT2D eigenvalue weighted by atomic mass is 10.1. The van der Waals surface area contributed by atoms with Crippen molar-refractivity contribution in [1.29, 1.82) is 0 Å². The molecule has 13 heteroatoms. The topological polar surface area (TPSA) is 143 Å². The number of aromatic nitrogens is 4. The highest BCUT2D eigenvalue weighted by atomic mass is 16.5. The molecule has 1 unspecified atom stereocenters. The molecule has 2 saturated heterocycles. The van der Waals surface area contributed by atoms with Gasteiger partial charge in [-0.3, -0.25) is 28.4 Å². The van der Waals surface area contributed by atoms with Crippen LogP contribution in [0.25, 0.3) is 11.2 Å². The van der Waals surface area contributed by atoms with E-state index in [0.29, 0.717) is 43.4 Å². The molecule has 0 bridgehead atoms. The maximum atomic E-state index is 13.2. The summed E-state index contributed by atoms with van der Waals surface area (Å²) >= 11 is 0. The lowest BCUT2D eigenvalue weighted by Crippen LogP contribution is -2.52. The molecule has 0 spiro atoms. The van der Waals surface area contributed by atoms with E-state index >= 15 is 0 Å². The third-order valence-electron chi connectivity index (χ3n) is 6.90. The van der Waals surface area contributed by atoms with Crippen LogP contribution in [0, 0.1) is 0 Å². The summed E-state index contributed by atoms with van der Waals surface area (Å²) in [6, 6.07) is 5.64. The van der Waals surface area contributed by atoms with E-state index in [0.717, 1.165) is 4.57 Å². The first-order chi connectivity index (χ1) is 17.7. The number of piperazine rings is 1. The highest BCUT2D eigenvalue weighted by Gasteiger charge is 2.43. The minimum absolute atomic E-state index is 0.0707. The quantitative estimate of drug-likeness (QED) is 0.359. The van der Waals surface area contributed by atoms with Crippen LogP contribution in [0.4, 0.5) is 11.6 Å². The molecule has 0 aliphatic carbocycles. The number of H-pyrrole nitrogens is 1. The van der Waals surface area contributed by atoms with Crippen LogP contribution in [0.2, 0.25) is 0 Å². The van der Waals surface area contributed by atoms with Crippen molar-refractivity contribution >= 4 is 40.6 Å². The molecule has 0 radical (unpaired) electrons. The number of ether oxygens (including phenoxy) is 1. The van der Waals surface area contributed by atoms with E-state index in [4.69, 9.17) is 4.74 Å². The van der Waals surface area contributed by atoms with Crippen LogP contribution < -0.4 is 21.0 Å². The number of imide groups is 1. The number of aryl methyl sites for hydroxylation is 1. The van der Waals surface area contributed by atoms with Crippen LogP contribution in [0.5, 0.6) is 0 Å².